The number of anilines is 1. The predicted molar refractivity (Wildman–Crippen MR) is 88.7 cm³/mol. The zero-order valence-electron chi connectivity index (χ0n) is 11.8. The zero-order valence-corrected chi connectivity index (χ0v) is 13.4. The summed E-state index contributed by atoms with van der Waals surface area (Å²) in [6, 6.07) is 11.1. The lowest BCUT2D eigenvalue weighted by molar-refractivity contribution is 0.102. The molecule has 3 aromatic rings. The molecule has 2 N–H and O–H groups in total. The monoisotopic (exact) mass is 356 g/mol. The molecule has 0 aliphatic rings. The molecule has 0 spiro atoms. The van der Waals surface area contributed by atoms with Crippen LogP contribution in [0.15, 0.2) is 53.3 Å². The first kappa shape index (κ1) is 14.5. The number of nitrogens with one attached hydrogen (secondary N) is 2. The molecule has 0 radical (unpaired) electrons. The first-order valence-corrected chi connectivity index (χ1v) is 7.46. The highest BCUT2D eigenvalue weighted by Crippen LogP contribution is 2.21. The fourth-order valence-corrected chi connectivity index (χ4v) is 2.27. The molecular formula is C16H13BrN4O. The summed E-state index contributed by atoms with van der Waals surface area (Å²) in [5.41, 5.74) is 3.74. The first-order chi connectivity index (χ1) is 10.6. The van der Waals surface area contributed by atoms with E-state index < -0.39 is 0 Å². The molecule has 0 aliphatic carbocycles. The fraction of sp³-hybridized carbons (Fsp3) is 0.0625. The Bertz CT molecular complexity index is 814. The summed E-state index contributed by atoms with van der Waals surface area (Å²) in [5, 5.41) is 9.74. The molecule has 0 bridgehead atoms. The standard InChI is InChI=1S/C16H13BrN4O/c1-10-7-12(4-5-13(10)17)19-16(22)15-8-14(20-21-15)11-3-2-6-18-9-11/h2-9H,1H3,(H,19,22)(H,20,21). The molecule has 22 heavy (non-hydrogen) atoms. The molecule has 0 atom stereocenters. The van der Waals surface area contributed by atoms with Crippen LogP contribution in [0.4, 0.5) is 5.69 Å². The van der Waals surface area contributed by atoms with Crippen molar-refractivity contribution in [3.8, 4) is 11.3 Å². The van der Waals surface area contributed by atoms with Crippen LogP contribution >= 0.6 is 15.9 Å². The molecular weight excluding hydrogens is 344 g/mol. The van der Waals surface area contributed by atoms with Gasteiger partial charge in [0, 0.05) is 28.1 Å². The van der Waals surface area contributed by atoms with E-state index in [0.29, 0.717) is 11.4 Å². The van der Waals surface area contributed by atoms with E-state index in [4.69, 9.17) is 0 Å². The lowest BCUT2D eigenvalue weighted by atomic mass is 10.2. The van der Waals surface area contributed by atoms with Crippen molar-refractivity contribution in [1.29, 1.82) is 0 Å². The molecule has 6 heteroatoms. The van der Waals surface area contributed by atoms with Crippen molar-refractivity contribution in [2.24, 2.45) is 0 Å². The van der Waals surface area contributed by atoms with E-state index in [1.165, 1.54) is 0 Å². The van der Waals surface area contributed by atoms with Gasteiger partial charge in [0.2, 0.25) is 0 Å². The Morgan fingerprint density at radius 3 is 2.86 bits per heavy atom. The van der Waals surface area contributed by atoms with Crippen molar-refractivity contribution in [3.63, 3.8) is 0 Å². The van der Waals surface area contributed by atoms with E-state index in [9.17, 15) is 4.79 Å². The third-order valence-electron chi connectivity index (χ3n) is 3.20. The number of carbonyl (C=O) groups excluding carboxylic acids is 1. The Hall–Kier alpha value is -2.47. The number of aromatic nitrogens is 3. The molecule has 0 saturated heterocycles. The summed E-state index contributed by atoms with van der Waals surface area (Å²) >= 11 is 3.43. The highest BCUT2D eigenvalue weighted by atomic mass is 79.9. The molecule has 110 valence electrons. The van der Waals surface area contributed by atoms with Gasteiger partial charge in [0.15, 0.2) is 0 Å². The molecule has 2 heterocycles. The van der Waals surface area contributed by atoms with Crippen molar-refractivity contribution in [2.75, 3.05) is 5.32 Å². The van der Waals surface area contributed by atoms with Gasteiger partial charge in [-0.05, 0) is 48.9 Å². The van der Waals surface area contributed by atoms with Crippen LogP contribution in [0.2, 0.25) is 0 Å². The second-order valence-corrected chi connectivity index (χ2v) is 5.68. The minimum absolute atomic E-state index is 0.232. The van der Waals surface area contributed by atoms with Crippen molar-refractivity contribution < 1.29 is 4.79 Å². The number of amides is 1. The SMILES string of the molecule is Cc1cc(NC(=O)c2cc(-c3cccnc3)n[nH]2)ccc1Br. The van der Waals surface area contributed by atoms with Gasteiger partial charge in [0.25, 0.3) is 5.91 Å². The maximum atomic E-state index is 12.2. The second kappa shape index (κ2) is 6.11. The minimum Gasteiger partial charge on any atom is -0.321 e. The highest BCUT2D eigenvalue weighted by Gasteiger charge is 2.11. The summed E-state index contributed by atoms with van der Waals surface area (Å²) in [6.45, 7) is 1.97. The number of rotatable bonds is 3. The summed E-state index contributed by atoms with van der Waals surface area (Å²) in [6.07, 6.45) is 3.40. The molecule has 1 aromatic carbocycles. The van der Waals surface area contributed by atoms with Gasteiger partial charge >= 0.3 is 0 Å². The largest absolute Gasteiger partial charge is 0.321 e. The van der Waals surface area contributed by atoms with Gasteiger partial charge in [0.1, 0.15) is 5.69 Å². The first-order valence-electron chi connectivity index (χ1n) is 6.67. The summed E-state index contributed by atoms with van der Waals surface area (Å²) in [7, 11) is 0. The lowest BCUT2D eigenvalue weighted by Gasteiger charge is -2.05. The summed E-state index contributed by atoms with van der Waals surface area (Å²) < 4.78 is 1.01. The molecule has 0 aliphatic heterocycles. The van der Waals surface area contributed by atoms with Gasteiger partial charge in [-0.2, -0.15) is 5.10 Å². The summed E-state index contributed by atoms with van der Waals surface area (Å²) in [5.74, 6) is -0.232. The van der Waals surface area contributed by atoms with Gasteiger partial charge in [-0.15, -0.1) is 0 Å². The van der Waals surface area contributed by atoms with E-state index in [1.54, 1.807) is 18.5 Å². The Kier molecular flexibility index (Phi) is 4.02. The Morgan fingerprint density at radius 1 is 1.27 bits per heavy atom. The van der Waals surface area contributed by atoms with Crippen LogP contribution in [0.1, 0.15) is 16.1 Å². The fourth-order valence-electron chi connectivity index (χ4n) is 2.02. The average molecular weight is 357 g/mol. The number of aromatic amines is 1. The predicted octanol–water partition coefficient (Wildman–Crippen LogP) is 3.79. The van der Waals surface area contributed by atoms with Crippen LogP contribution in [0.25, 0.3) is 11.3 Å². The Labute approximate surface area is 135 Å². The smallest absolute Gasteiger partial charge is 0.273 e. The number of halogens is 1. The number of aryl methyl sites for hydroxylation is 1. The number of carbonyl (C=O) groups is 1. The van der Waals surface area contributed by atoms with Gasteiger partial charge < -0.3 is 5.32 Å². The van der Waals surface area contributed by atoms with E-state index in [1.807, 2.05) is 37.3 Å². The number of benzene rings is 1. The molecule has 0 saturated carbocycles. The molecule has 1 amide bonds. The highest BCUT2D eigenvalue weighted by molar-refractivity contribution is 9.10. The van der Waals surface area contributed by atoms with E-state index in [-0.39, 0.29) is 5.91 Å². The number of nitrogens with zero attached hydrogens (tertiary/aromatic N) is 2. The Balaban J connectivity index is 1.78. The molecule has 0 unspecified atom stereocenters. The van der Waals surface area contributed by atoms with E-state index >= 15 is 0 Å². The van der Waals surface area contributed by atoms with Crippen LogP contribution < -0.4 is 5.32 Å². The summed E-state index contributed by atoms with van der Waals surface area (Å²) in [4.78, 5) is 16.3. The van der Waals surface area contributed by atoms with Gasteiger partial charge in [-0.25, -0.2) is 0 Å². The molecule has 5 nitrogen and oxygen atoms in total. The van der Waals surface area contributed by atoms with Gasteiger partial charge in [-0.1, -0.05) is 15.9 Å². The van der Waals surface area contributed by atoms with E-state index in [0.717, 1.165) is 21.3 Å². The van der Waals surface area contributed by atoms with Crippen LogP contribution in [-0.2, 0) is 0 Å². The number of H-pyrrole nitrogens is 1. The van der Waals surface area contributed by atoms with Crippen LogP contribution in [-0.4, -0.2) is 21.1 Å². The molecule has 3 rings (SSSR count). The normalized spacial score (nSPS) is 10.5. The zero-order chi connectivity index (χ0) is 15.5. The molecule has 2 aromatic heterocycles. The Morgan fingerprint density at radius 2 is 2.14 bits per heavy atom. The van der Waals surface area contributed by atoms with Crippen molar-refractivity contribution in [3.05, 3.63) is 64.5 Å². The number of pyridine rings is 1. The maximum Gasteiger partial charge on any atom is 0.273 e. The third kappa shape index (κ3) is 3.07. The van der Waals surface area contributed by atoms with Crippen molar-refractivity contribution >= 4 is 27.5 Å². The molecule has 0 fully saturated rings. The minimum atomic E-state index is -0.232. The maximum absolute atomic E-state index is 12.2. The second-order valence-electron chi connectivity index (χ2n) is 4.83. The van der Waals surface area contributed by atoms with Crippen molar-refractivity contribution in [2.45, 2.75) is 6.92 Å². The van der Waals surface area contributed by atoms with Crippen LogP contribution in [0.3, 0.4) is 0 Å². The number of hydrogen-bond acceptors (Lipinski definition) is 3. The van der Waals surface area contributed by atoms with Gasteiger partial charge in [-0.3, -0.25) is 14.9 Å². The van der Waals surface area contributed by atoms with Gasteiger partial charge in [0.05, 0.1) is 5.69 Å². The number of hydrogen-bond donors (Lipinski definition) is 2. The lowest BCUT2D eigenvalue weighted by Crippen LogP contribution is -2.12. The van der Waals surface area contributed by atoms with Crippen LogP contribution in [0, 0.1) is 6.92 Å². The van der Waals surface area contributed by atoms with E-state index in [2.05, 4.69) is 36.4 Å². The quantitative estimate of drug-likeness (QED) is 0.749. The van der Waals surface area contributed by atoms with Crippen molar-refractivity contribution in [1.82, 2.24) is 15.2 Å². The van der Waals surface area contributed by atoms with Crippen LogP contribution in [0.5, 0.6) is 0 Å². The average Bonchev–Trinajstić information content (AvgIpc) is 3.02. The topological polar surface area (TPSA) is 70.7 Å². The third-order valence-corrected chi connectivity index (χ3v) is 4.09.